The summed E-state index contributed by atoms with van der Waals surface area (Å²) >= 11 is 0. The monoisotopic (exact) mass is 586 g/mol. The van der Waals surface area contributed by atoms with Crippen LogP contribution in [0.2, 0.25) is 0 Å². The first-order valence-electron chi connectivity index (χ1n) is 16.2. The van der Waals surface area contributed by atoms with Gasteiger partial charge in [-0.25, -0.2) is 0 Å². The van der Waals surface area contributed by atoms with Crippen LogP contribution in [0.25, 0.3) is 6.08 Å². The zero-order valence-electron chi connectivity index (χ0n) is 23.9. The van der Waals surface area contributed by atoms with E-state index in [0.29, 0.717) is 0 Å². The molecule has 0 aromatic heterocycles. The predicted molar refractivity (Wildman–Crippen MR) is 170 cm³/mol. The smallest absolute Gasteiger partial charge is 0.0910 e. The van der Waals surface area contributed by atoms with Gasteiger partial charge in [-0.15, -0.1) is 0 Å². The summed E-state index contributed by atoms with van der Waals surface area (Å²) in [7, 11) is -0.182. The predicted octanol–water partition coefficient (Wildman–Crippen LogP) is 11.1. The van der Waals surface area contributed by atoms with Crippen LogP contribution >= 0.6 is 15.8 Å². The first-order chi connectivity index (χ1) is 17.8. The van der Waals surface area contributed by atoms with Crippen molar-refractivity contribution in [2.75, 3.05) is 12.3 Å². The third-order valence-electron chi connectivity index (χ3n) is 10.3. The third-order valence-corrected chi connectivity index (χ3v) is 18.9. The SMILES string of the molecule is C1CCC([PH+](CC[PH+](C2CCCCC2)C2CCCCC2)C2CCCCC2)CC1.C=Cc1ccccc1.[Ni]. The van der Waals surface area contributed by atoms with E-state index in [1.807, 2.05) is 36.4 Å². The van der Waals surface area contributed by atoms with Gasteiger partial charge in [0.25, 0.3) is 0 Å². The Bertz CT molecular complexity index is 622. The van der Waals surface area contributed by atoms with E-state index >= 15 is 0 Å². The van der Waals surface area contributed by atoms with Crippen LogP contribution in [0.4, 0.5) is 0 Å². The average molecular weight is 587 g/mol. The fraction of sp³-hybridized carbons (Fsp3) is 0.765. The second-order valence-electron chi connectivity index (χ2n) is 12.6. The van der Waals surface area contributed by atoms with Gasteiger partial charge in [0.2, 0.25) is 0 Å². The molecule has 0 nitrogen and oxygen atoms in total. The normalized spacial score (nSPS) is 22.8. The van der Waals surface area contributed by atoms with Crippen molar-refractivity contribution in [1.29, 1.82) is 0 Å². The Morgan fingerprint density at radius 1 is 0.514 bits per heavy atom. The zero-order chi connectivity index (χ0) is 24.8. The van der Waals surface area contributed by atoms with E-state index in [1.165, 1.54) is 28.2 Å². The summed E-state index contributed by atoms with van der Waals surface area (Å²) in [5, 5.41) is 0. The molecule has 0 N–H and O–H groups in total. The van der Waals surface area contributed by atoms with Crippen molar-refractivity contribution in [3.8, 4) is 0 Å². The van der Waals surface area contributed by atoms with E-state index < -0.39 is 0 Å². The summed E-state index contributed by atoms with van der Waals surface area (Å²) in [5.41, 5.74) is 6.07. The molecule has 4 aliphatic carbocycles. The average Bonchev–Trinajstić information content (AvgIpc) is 2.98. The van der Waals surface area contributed by atoms with Crippen molar-refractivity contribution in [3.63, 3.8) is 0 Å². The maximum absolute atomic E-state index is 3.63. The molecule has 0 bridgehead atoms. The Balaban J connectivity index is 0.000000363. The number of rotatable bonds is 8. The molecule has 0 amide bonds. The molecule has 37 heavy (non-hydrogen) atoms. The molecule has 212 valence electrons. The van der Waals surface area contributed by atoms with Crippen LogP contribution in [0.5, 0.6) is 0 Å². The van der Waals surface area contributed by atoms with Crippen molar-refractivity contribution in [1.82, 2.24) is 0 Å². The molecule has 3 heteroatoms. The first-order valence-corrected chi connectivity index (χ1v) is 20.0. The molecular formula is C34H58NiP2+2. The minimum absolute atomic E-state index is 0. The standard InChI is InChI=1S/C26H48P2.C8H8.Ni/c1-5-13-23(14-6-1)27(24-15-7-2-8-16-24)21-22-28(25-17-9-3-10-18-25)26-19-11-4-12-20-26;1-2-8-6-4-3-5-7-8;/h23-26H,1-22H2;2-7H,1H2;/p+2. The van der Waals surface area contributed by atoms with E-state index in [9.17, 15) is 0 Å². The maximum atomic E-state index is 3.63. The molecule has 1 aromatic rings. The number of benzene rings is 1. The van der Waals surface area contributed by atoms with E-state index in [4.69, 9.17) is 0 Å². The van der Waals surface area contributed by atoms with E-state index in [-0.39, 0.29) is 32.3 Å². The van der Waals surface area contributed by atoms with Crippen molar-refractivity contribution in [2.45, 2.75) is 151 Å². The molecule has 0 aliphatic heterocycles. The molecule has 0 heterocycles. The first kappa shape index (κ1) is 31.8. The maximum Gasteiger partial charge on any atom is 0.0910 e. The molecule has 0 unspecified atom stereocenters. The van der Waals surface area contributed by atoms with Crippen LogP contribution in [-0.2, 0) is 16.5 Å². The number of hydrogen-bond donors (Lipinski definition) is 0. The Labute approximate surface area is 243 Å². The van der Waals surface area contributed by atoms with Gasteiger partial charge in [0.1, 0.15) is 0 Å². The Morgan fingerprint density at radius 3 is 1.05 bits per heavy atom. The molecule has 1 aromatic carbocycles. The van der Waals surface area contributed by atoms with Crippen molar-refractivity contribution in [2.24, 2.45) is 0 Å². The van der Waals surface area contributed by atoms with E-state index in [2.05, 4.69) is 6.58 Å². The molecule has 0 spiro atoms. The topological polar surface area (TPSA) is 0 Å². The largest absolute Gasteiger partial charge is 0.0985 e. The Kier molecular flexibility index (Phi) is 16.0. The molecule has 0 atom stereocenters. The van der Waals surface area contributed by atoms with Gasteiger partial charge in [-0.2, -0.15) is 0 Å². The Morgan fingerprint density at radius 2 is 0.811 bits per heavy atom. The summed E-state index contributed by atoms with van der Waals surface area (Å²) in [4.78, 5) is 0. The van der Waals surface area contributed by atoms with Crippen molar-refractivity contribution in [3.05, 3.63) is 42.5 Å². The van der Waals surface area contributed by atoms with Gasteiger partial charge in [-0.1, -0.05) is 68.7 Å². The van der Waals surface area contributed by atoms with Crippen LogP contribution in [0.1, 0.15) is 134 Å². The zero-order valence-corrected chi connectivity index (χ0v) is 26.8. The molecule has 4 aliphatic rings. The summed E-state index contributed by atoms with van der Waals surface area (Å²) in [6.45, 7) is 3.63. The minimum atomic E-state index is -0.0909. The fourth-order valence-corrected chi connectivity index (χ4v) is 18.1. The van der Waals surface area contributed by atoms with Gasteiger partial charge in [-0.3, -0.25) is 0 Å². The van der Waals surface area contributed by atoms with Gasteiger partial charge in [-0.05, 0) is 108 Å². The van der Waals surface area contributed by atoms with Crippen LogP contribution in [0.15, 0.2) is 36.9 Å². The molecule has 4 fully saturated rings. The second-order valence-corrected chi connectivity index (χ2v) is 19.2. The molecular weight excluding hydrogens is 529 g/mol. The van der Waals surface area contributed by atoms with Crippen LogP contribution in [0.3, 0.4) is 0 Å². The van der Waals surface area contributed by atoms with E-state index in [1.54, 1.807) is 141 Å². The molecule has 0 saturated heterocycles. The van der Waals surface area contributed by atoms with Crippen molar-refractivity contribution >= 4 is 21.9 Å². The third kappa shape index (κ3) is 10.7. The minimum Gasteiger partial charge on any atom is -0.0985 e. The van der Waals surface area contributed by atoms with Gasteiger partial charge in [0, 0.05) is 32.3 Å². The van der Waals surface area contributed by atoms with E-state index in [0.717, 1.165) is 0 Å². The van der Waals surface area contributed by atoms with Crippen LogP contribution in [0, 0.1) is 0 Å². The van der Waals surface area contributed by atoms with Gasteiger partial charge >= 0.3 is 0 Å². The fourth-order valence-electron chi connectivity index (χ4n) is 8.25. The van der Waals surface area contributed by atoms with Gasteiger partial charge in [0.15, 0.2) is 0 Å². The molecule has 4 saturated carbocycles. The summed E-state index contributed by atoms with van der Waals surface area (Å²) in [6, 6.07) is 10.0. The van der Waals surface area contributed by atoms with Crippen LogP contribution in [-0.4, -0.2) is 35.0 Å². The summed E-state index contributed by atoms with van der Waals surface area (Å²) in [6.07, 6.45) is 37.3. The van der Waals surface area contributed by atoms with Gasteiger partial charge < -0.3 is 0 Å². The van der Waals surface area contributed by atoms with Gasteiger partial charge in [0.05, 0.1) is 35.0 Å². The van der Waals surface area contributed by atoms with Crippen molar-refractivity contribution < 1.29 is 16.5 Å². The van der Waals surface area contributed by atoms with Crippen LogP contribution < -0.4 is 0 Å². The second kappa shape index (κ2) is 18.6. The molecule has 5 rings (SSSR count). The quantitative estimate of drug-likeness (QED) is 0.210. The number of hydrogen-bond acceptors (Lipinski definition) is 0. The summed E-state index contributed by atoms with van der Waals surface area (Å²) in [5.74, 6) is 0. The summed E-state index contributed by atoms with van der Waals surface area (Å²) < 4.78 is 0. The Hall–Kier alpha value is 0.314. The molecule has 0 radical (unpaired) electrons.